The SMILES string of the molecule is Cc1ccc(/C=N\O)nc1. The van der Waals surface area contributed by atoms with Crippen molar-refractivity contribution in [1.29, 1.82) is 0 Å². The number of hydrogen-bond acceptors (Lipinski definition) is 3. The van der Waals surface area contributed by atoms with Gasteiger partial charge in [-0.2, -0.15) is 0 Å². The van der Waals surface area contributed by atoms with Gasteiger partial charge in [-0.1, -0.05) is 11.2 Å². The van der Waals surface area contributed by atoms with Crippen molar-refractivity contribution in [2.45, 2.75) is 6.92 Å². The van der Waals surface area contributed by atoms with Crippen LogP contribution < -0.4 is 0 Å². The first-order valence-electron chi connectivity index (χ1n) is 2.93. The molecule has 0 radical (unpaired) electrons. The zero-order valence-corrected chi connectivity index (χ0v) is 5.65. The lowest BCUT2D eigenvalue weighted by atomic mass is 10.3. The highest BCUT2D eigenvalue weighted by atomic mass is 16.4. The molecule has 1 aromatic heterocycles. The highest BCUT2D eigenvalue weighted by Crippen LogP contribution is 1.94. The van der Waals surface area contributed by atoms with Gasteiger partial charge in [-0.25, -0.2) is 0 Å². The van der Waals surface area contributed by atoms with Crippen molar-refractivity contribution in [1.82, 2.24) is 4.98 Å². The number of hydrogen-bond donors (Lipinski definition) is 1. The third-order valence-electron chi connectivity index (χ3n) is 1.12. The molecule has 0 atom stereocenters. The van der Waals surface area contributed by atoms with Gasteiger partial charge in [-0.15, -0.1) is 0 Å². The average molecular weight is 136 g/mol. The second-order valence-electron chi connectivity index (χ2n) is 2.00. The zero-order chi connectivity index (χ0) is 7.40. The van der Waals surface area contributed by atoms with Gasteiger partial charge in [0.05, 0.1) is 11.9 Å². The van der Waals surface area contributed by atoms with E-state index in [4.69, 9.17) is 5.21 Å². The molecule has 0 saturated heterocycles. The summed E-state index contributed by atoms with van der Waals surface area (Å²) in [6, 6.07) is 3.69. The average Bonchev–Trinajstić information content (AvgIpc) is 1.95. The van der Waals surface area contributed by atoms with E-state index in [0.717, 1.165) is 5.56 Å². The Morgan fingerprint density at radius 3 is 2.90 bits per heavy atom. The molecule has 3 nitrogen and oxygen atoms in total. The molecule has 0 amide bonds. The van der Waals surface area contributed by atoms with E-state index < -0.39 is 0 Å². The first kappa shape index (κ1) is 6.74. The number of aryl methyl sites for hydroxylation is 1. The van der Waals surface area contributed by atoms with Gasteiger partial charge in [0.25, 0.3) is 0 Å². The first-order valence-corrected chi connectivity index (χ1v) is 2.93. The molecule has 3 heteroatoms. The molecule has 0 bridgehead atoms. The normalized spacial score (nSPS) is 10.5. The Labute approximate surface area is 59.0 Å². The lowest BCUT2D eigenvalue weighted by Crippen LogP contribution is -1.86. The van der Waals surface area contributed by atoms with E-state index in [2.05, 4.69) is 10.1 Å². The monoisotopic (exact) mass is 136 g/mol. The van der Waals surface area contributed by atoms with Gasteiger partial charge in [-0.05, 0) is 18.6 Å². The third kappa shape index (κ3) is 1.55. The fourth-order valence-corrected chi connectivity index (χ4v) is 0.615. The van der Waals surface area contributed by atoms with Gasteiger partial charge in [-0.3, -0.25) is 4.98 Å². The number of nitrogens with zero attached hydrogens (tertiary/aromatic N) is 2. The van der Waals surface area contributed by atoms with E-state index in [1.807, 2.05) is 13.0 Å². The lowest BCUT2D eigenvalue weighted by molar-refractivity contribution is 0.321. The predicted molar refractivity (Wildman–Crippen MR) is 38.4 cm³/mol. The minimum atomic E-state index is 0.660. The Hall–Kier alpha value is -1.38. The van der Waals surface area contributed by atoms with Crippen LogP contribution in [0.4, 0.5) is 0 Å². The van der Waals surface area contributed by atoms with Crippen LogP contribution in [0.2, 0.25) is 0 Å². The van der Waals surface area contributed by atoms with Crippen LogP contribution in [0.15, 0.2) is 23.5 Å². The topological polar surface area (TPSA) is 45.5 Å². The van der Waals surface area contributed by atoms with Gasteiger partial charge in [0.1, 0.15) is 0 Å². The number of oxime groups is 1. The summed E-state index contributed by atoms with van der Waals surface area (Å²) in [5.74, 6) is 0. The molecule has 52 valence electrons. The molecule has 0 spiro atoms. The third-order valence-corrected chi connectivity index (χ3v) is 1.12. The molecule has 1 heterocycles. The Balaban J connectivity index is 2.89. The van der Waals surface area contributed by atoms with E-state index in [1.54, 1.807) is 12.3 Å². The Morgan fingerprint density at radius 2 is 2.40 bits per heavy atom. The van der Waals surface area contributed by atoms with Gasteiger partial charge in [0.15, 0.2) is 0 Å². The number of aromatic nitrogens is 1. The molecular formula is C7H8N2O. The maximum absolute atomic E-state index is 8.12. The summed E-state index contributed by atoms with van der Waals surface area (Å²) in [5.41, 5.74) is 1.75. The second kappa shape index (κ2) is 2.96. The standard InChI is InChI=1S/C7H8N2O/c1-6-2-3-7(5-9-10)8-4-6/h2-5,10H,1H3/b9-5-. The zero-order valence-electron chi connectivity index (χ0n) is 5.65. The summed E-state index contributed by atoms with van der Waals surface area (Å²) in [5, 5.41) is 11.0. The molecule has 1 aromatic rings. The van der Waals surface area contributed by atoms with Crippen LogP contribution in [0.25, 0.3) is 0 Å². The fourth-order valence-electron chi connectivity index (χ4n) is 0.615. The van der Waals surface area contributed by atoms with Crippen LogP contribution in [0.5, 0.6) is 0 Å². The highest BCUT2D eigenvalue weighted by molar-refractivity contribution is 5.76. The van der Waals surface area contributed by atoms with Gasteiger partial charge in [0, 0.05) is 6.20 Å². The summed E-state index contributed by atoms with van der Waals surface area (Å²) in [6.45, 7) is 1.95. The van der Waals surface area contributed by atoms with Crippen LogP contribution in [0.1, 0.15) is 11.3 Å². The van der Waals surface area contributed by atoms with Gasteiger partial charge >= 0.3 is 0 Å². The molecule has 1 N–H and O–H groups in total. The van der Waals surface area contributed by atoms with Crippen molar-refractivity contribution in [2.75, 3.05) is 0 Å². The number of rotatable bonds is 1. The van der Waals surface area contributed by atoms with Crippen LogP contribution in [0.3, 0.4) is 0 Å². The van der Waals surface area contributed by atoms with Gasteiger partial charge in [0.2, 0.25) is 0 Å². The highest BCUT2D eigenvalue weighted by Gasteiger charge is 1.86. The van der Waals surface area contributed by atoms with Crippen molar-refractivity contribution >= 4 is 6.21 Å². The predicted octanol–water partition coefficient (Wildman–Crippen LogP) is 1.20. The summed E-state index contributed by atoms with van der Waals surface area (Å²) >= 11 is 0. The Kier molecular flexibility index (Phi) is 1.99. The molecule has 0 saturated carbocycles. The molecule has 0 unspecified atom stereocenters. The first-order chi connectivity index (χ1) is 4.83. The summed E-state index contributed by atoms with van der Waals surface area (Å²) in [6.07, 6.45) is 3.01. The smallest absolute Gasteiger partial charge is 0.0918 e. The molecule has 10 heavy (non-hydrogen) atoms. The van der Waals surface area contributed by atoms with Crippen molar-refractivity contribution in [2.24, 2.45) is 5.16 Å². The van der Waals surface area contributed by atoms with Crippen molar-refractivity contribution < 1.29 is 5.21 Å². The van der Waals surface area contributed by atoms with Crippen LogP contribution in [-0.4, -0.2) is 16.4 Å². The number of pyridine rings is 1. The molecule has 1 rings (SSSR count). The molecule has 0 aliphatic heterocycles. The van der Waals surface area contributed by atoms with Gasteiger partial charge < -0.3 is 5.21 Å². The molecule has 0 aliphatic carbocycles. The van der Waals surface area contributed by atoms with E-state index in [9.17, 15) is 0 Å². The van der Waals surface area contributed by atoms with E-state index in [-0.39, 0.29) is 0 Å². The Bertz CT molecular complexity index is 228. The molecule has 0 aromatic carbocycles. The van der Waals surface area contributed by atoms with E-state index in [0.29, 0.717) is 5.69 Å². The lowest BCUT2D eigenvalue weighted by Gasteiger charge is -1.90. The second-order valence-corrected chi connectivity index (χ2v) is 2.00. The van der Waals surface area contributed by atoms with Crippen LogP contribution in [-0.2, 0) is 0 Å². The Morgan fingerprint density at radius 1 is 1.60 bits per heavy atom. The van der Waals surface area contributed by atoms with Crippen LogP contribution in [0, 0.1) is 6.92 Å². The largest absolute Gasteiger partial charge is 0.411 e. The van der Waals surface area contributed by atoms with Crippen molar-refractivity contribution in [3.8, 4) is 0 Å². The van der Waals surface area contributed by atoms with E-state index in [1.165, 1.54) is 6.21 Å². The molecule has 0 fully saturated rings. The van der Waals surface area contributed by atoms with Crippen LogP contribution >= 0.6 is 0 Å². The summed E-state index contributed by atoms with van der Waals surface area (Å²) in [7, 11) is 0. The minimum Gasteiger partial charge on any atom is -0.411 e. The fraction of sp³-hybridized carbons (Fsp3) is 0.143. The molecular weight excluding hydrogens is 128 g/mol. The quantitative estimate of drug-likeness (QED) is 0.358. The maximum Gasteiger partial charge on any atom is 0.0918 e. The van der Waals surface area contributed by atoms with Crippen molar-refractivity contribution in [3.63, 3.8) is 0 Å². The summed E-state index contributed by atoms with van der Waals surface area (Å²) < 4.78 is 0. The molecule has 0 aliphatic rings. The van der Waals surface area contributed by atoms with E-state index >= 15 is 0 Å². The minimum absolute atomic E-state index is 0.660. The van der Waals surface area contributed by atoms with Crippen molar-refractivity contribution in [3.05, 3.63) is 29.6 Å². The maximum atomic E-state index is 8.12. The summed E-state index contributed by atoms with van der Waals surface area (Å²) in [4.78, 5) is 3.96.